The molecule has 0 atom stereocenters. The summed E-state index contributed by atoms with van der Waals surface area (Å²) in [5.41, 5.74) is -0.414. The summed E-state index contributed by atoms with van der Waals surface area (Å²) in [5.74, 6) is -1.47. The Balaban J connectivity index is 1.70. The highest BCUT2D eigenvalue weighted by Crippen LogP contribution is 2.33. The predicted octanol–water partition coefficient (Wildman–Crippen LogP) is 3.21. The van der Waals surface area contributed by atoms with E-state index >= 15 is 0 Å². The van der Waals surface area contributed by atoms with Crippen molar-refractivity contribution in [1.29, 1.82) is 0 Å². The fraction of sp³-hybridized carbons (Fsp3) is 0.500. The molecule has 2 N–H and O–H groups in total. The van der Waals surface area contributed by atoms with E-state index in [1.807, 2.05) is 6.92 Å². The van der Waals surface area contributed by atoms with Crippen molar-refractivity contribution in [1.82, 2.24) is 10.2 Å². The maximum atomic E-state index is 12.8. The van der Waals surface area contributed by atoms with Crippen LogP contribution in [0.4, 0.5) is 10.5 Å². The van der Waals surface area contributed by atoms with Crippen molar-refractivity contribution in [3.8, 4) is 0 Å². The number of carbonyl (C=O) groups is 4. The van der Waals surface area contributed by atoms with Crippen LogP contribution in [-0.4, -0.2) is 47.4 Å². The van der Waals surface area contributed by atoms with Crippen LogP contribution in [0.15, 0.2) is 22.7 Å². The molecule has 8 nitrogen and oxygen atoms in total. The molecular formula is C20H24BrN3O5. The quantitative estimate of drug-likeness (QED) is 0.495. The van der Waals surface area contributed by atoms with E-state index in [2.05, 4.69) is 26.6 Å². The highest BCUT2D eigenvalue weighted by Gasteiger charge is 2.51. The summed E-state index contributed by atoms with van der Waals surface area (Å²) in [6.07, 6.45) is 4.63. The molecule has 3 rings (SSSR count). The Morgan fingerprint density at radius 1 is 1.24 bits per heavy atom. The minimum atomic E-state index is -0.873. The summed E-state index contributed by atoms with van der Waals surface area (Å²) in [7, 11) is 0. The van der Waals surface area contributed by atoms with E-state index in [0.29, 0.717) is 23.7 Å². The second-order valence-electron chi connectivity index (χ2n) is 7.34. The molecule has 1 aliphatic heterocycles. The van der Waals surface area contributed by atoms with Gasteiger partial charge in [-0.25, -0.2) is 9.59 Å². The van der Waals surface area contributed by atoms with Gasteiger partial charge in [0, 0.05) is 4.47 Å². The third kappa shape index (κ3) is 4.60. The molecule has 2 aliphatic rings. The van der Waals surface area contributed by atoms with Crippen molar-refractivity contribution < 1.29 is 23.9 Å². The molecule has 0 aromatic heterocycles. The van der Waals surface area contributed by atoms with Gasteiger partial charge in [-0.2, -0.15) is 0 Å². The van der Waals surface area contributed by atoms with Crippen LogP contribution in [0, 0.1) is 0 Å². The van der Waals surface area contributed by atoms with E-state index in [1.165, 1.54) is 0 Å². The van der Waals surface area contributed by atoms with Crippen LogP contribution in [-0.2, 0) is 14.3 Å². The van der Waals surface area contributed by atoms with Crippen LogP contribution in [0.2, 0.25) is 0 Å². The predicted molar refractivity (Wildman–Crippen MR) is 109 cm³/mol. The number of rotatable bonds is 6. The average molecular weight is 466 g/mol. The molecule has 1 spiro atoms. The lowest BCUT2D eigenvalue weighted by atomic mass is 9.82. The van der Waals surface area contributed by atoms with Crippen molar-refractivity contribution in [3.63, 3.8) is 0 Å². The molecule has 1 saturated heterocycles. The van der Waals surface area contributed by atoms with E-state index < -0.39 is 30.0 Å². The Hall–Kier alpha value is -2.42. The number of hydrogen-bond acceptors (Lipinski definition) is 5. The summed E-state index contributed by atoms with van der Waals surface area (Å²) in [4.78, 5) is 50.9. The molecule has 1 aromatic rings. The monoisotopic (exact) mass is 465 g/mol. The third-order valence-corrected chi connectivity index (χ3v) is 5.66. The zero-order valence-electron chi connectivity index (χ0n) is 16.3. The van der Waals surface area contributed by atoms with Gasteiger partial charge >= 0.3 is 12.0 Å². The van der Waals surface area contributed by atoms with Gasteiger partial charge in [0.2, 0.25) is 5.91 Å². The van der Waals surface area contributed by atoms with E-state index in [9.17, 15) is 19.2 Å². The fourth-order valence-corrected chi connectivity index (χ4v) is 4.08. The number of benzene rings is 1. The largest absolute Gasteiger partial charge is 0.462 e. The van der Waals surface area contributed by atoms with Gasteiger partial charge in [0.05, 0.1) is 17.9 Å². The number of anilines is 1. The summed E-state index contributed by atoms with van der Waals surface area (Å²) in [5, 5.41) is 5.40. The maximum absolute atomic E-state index is 12.8. The summed E-state index contributed by atoms with van der Waals surface area (Å²) in [6, 6.07) is 4.25. The molecule has 2 fully saturated rings. The van der Waals surface area contributed by atoms with Gasteiger partial charge in [0.15, 0.2) is 0 Å². The number of esters is 1. The zero-order valence-corrected chi connectivity index (χ0v) is 17.8. The van der Waals surface area contributed by atoms with Crippen molar-refractivity contribution in [3.05, 3.63) is 28.2 Å². The van der Waals surface area contributed by atoms with Crippen LogP contribution in [0.1, 0.15) is 55.8 Å². The Morgan fingerprint density at radius 3 is 2.66 bits per heavy atom. The zero-order chi connectivity index (χ0) is 21.0. The first kappa shape index (κ1) is 21.3. The normalized spacial score (nSPS) is 17.9. The SMILES string of the molecule is CCCOC(=O)c1cc(Br)ccc1NC(=O)CN1C(=O)NC2(CCCCC2)C1=O. The maximum Gasteiger partial charge on any atom is 0.340 e. The Bertz CT molecular complexity index is 835. The molecule has 1 heterocycles. The van der Waals surface area contributed by atoms with Gasteiger partial charge in [-0.1, -0.05) is 42.1 Å². The fourth-order valence-electron chi connectivity index (χ4n) is 3.71. The molecule has 29 heavy (non-hydrogen) atoms. The van der Waals surface area contributed by atoms with Gasteiger partial charge in [-0.3, -0.25) is 14.5 Å². The number of nitrogens with one attached hydrogen (secondary N) is 2. The minimum Gasteiger partial charge on any atom is -0.462 e. The molecule has 0 radical (unpaired) electrons. The number of carbonyl (C=O) groups excluding carboxylic acids is 4. The van der Waals surface area contributed by atoms with Crippen molar-refractivity contribution in [2.45, 2.75) is 51.0 Å². The van der Waals surface area contributed by atoms with Gasteiger partial charge in [-0.05, 0) is 37.5 Å². The minimum absolute atomic E-state index is 0.196. The number of ether oxygens (including phenoxy) is 1. The van der Waals surface area contributed by atoms with Crippen LogP contribution in [0.5, 0.6) is 0 Å². The Kier molecular flexibility index (Phi) is 6.56. The number of hydrogen-bond donors (Lipinski definition) is 2. The van der Waals surface area contributed by atoms with Crippen LogP contribution in [0.25, 0.3) is 0 Å². The van der Waals surface area contributed by atoms with Crippen molar-refractivity contribution in [2.24, 2.45) is 0 Å². The van der Waals surface area contributed by atoms with Crippen molar-refractivity contribution in [2.75, 3.05) is 18.5 Å². The number of imide groups is 1. The van der Waals surface area contributed by atoms with E-state index in [1.54, 1.807) is 18.2 Å². The summed E-state index contributed by atoms with van der Waals surface area (Å²) in [6.45, 7) is 1.74. The van der Waals surface area contributed by atoms with Crippen LogP contribution in [0.3, 0.4) is 0 Å². The smallest absolute Gasteiger partial charge is 0.340 e. The average Bonchev–Trinajstić information content (AvgIpc) is 2.92. The van der Waals surface area contributed by atoms with Gasteiger partial charge in [0.25, 0.3) is 5.91 Å². The van der Waals surface area contributed by atoms with Crippen molar-refractivity contribution >= 4 is 45.4 Å². The lowest BCUT2D eigenvalue weighted by Crippen LogP contribution is -2.48. The van der Waals surface area contributed by atoms with Gasteiger partial charge < -0.3 is 15.4 Å². The first-order chi connectivity index (χ1) is 13.9. The lowest BCUT2D eigenvalue weighted by Gasteiger charge is -2.30. The molecule has 0 bridgehead atoms. The van der Waals surface area contributed by atoms with Gasteiger partial charge in [-0.15, -0.1) is 0 Å². The molecule has 156 valence electrons. The molecular weight excluding hydrogens is 442 g/mol. The molecule has 1 saturated carbocycles. The second kappa shape index (κ2) is 8.94. The standard InChI is InChI=1S/C20H24BrN3O5/c1-2-10-29-17(26)14-11-13(21)6-7-15(14)22-16(25)12-24-18(27)20(23-19(24)28)8-4-3-5-9-20/h6-7,11H,2-5,8-10,12H2,1H3,(H,22,25)(H,23,28). The van der Waals surface area contributed by atoms with Crippen LogP contribution >= 0.6 is 15.9 Å². The molecule has 0 unspecified atom stereocenters. The topological polar surface area (TPSA) is 105 Å². The first-order valence-corrected chi connectivity index (χ1v) is 10.6. The van der Waals surface area contributed by atoms with Gasteiger partial charge in [0.1, 0.15) is 12.1 Å². The molecule has 4 amide bonds. The van der Waals surface area contributed by atoms with E-state index in [4.69, 9.17) is 4.74 Å². The lowest BCUT2D eigenvalue weighted by molar-refractivity contribution is -0.134. The first-order valence-electron chi connectivity index (χ1n) is 9.77. The number of nitrogens with zero attached hydrogens (tertiary/aromatic N) is 1. The number of halogens is 1. The third-order valence-electron chi connectivity index (χ3n) is 5.17. The summed E-state index contributed by atoms with van der Waals surface area (Å²) < 4.78 is 5.82. The molecule has 1 aromatic carbocycles. The molecule has 9 heteroatoms. The van der Waals surface area contributed by atoms with E-state index in [0.717, 1.165) is 24.2 Å². The number of amides is 4. The van der Waals surface area contributed by atoms with E-state index in [-0.39, 0.29) is 23.8 Å². The highest BCUT2D eigenvalue weighted by atomic mass is 79.9. The Labute approximate surface area is 177 Å². The number of urea groups is 1. The molecule has 1 aliphatic carbocycles. The Morgan fingerprint density at radius 2 is 1.97 bits per heavy atom. The van der Waals surface area contributed by atoms with Crippen LogP contribution < -0.4 is 10.6 Å². The second-order valence-corrected chi connectivity index (χ2v) is 8.25. The summed E-state index contributed by atoms with van der Waals surface area (Å²) >= 11 is 3.30. The highest BCUT2D eigenvalue weighted by molar-refractivity contribution is 9.10.